The zero-order valence-electron chi connectivity index (χ0n) is 8.12. The molecule has 0 saturated heterocycles. The molecule has 74 valence electrons. The predicted octanol–water partition coefficient (Wildman–Crippen LogP) is 2.17. The van der Waals surface area contributed by atoms with Gasteiger partial charge in [0.2, 0.25) is 0 Å². The molecule has 1 aromatic heterocycles. The van der Waals surface area contributed by atoms with Crippen molar-refractivity contribution in [3.05, 3.63) is 35.6 Å². The van der Waals surface area contributed by atoms with Gasteiger partial charge in [0, 0.05) is 5.39 Å². The minimum atomic E-state index is 0.531. The van der Waals surface area contributed by atoms with Gasteiger partial charge in [0.05, 0.1) is 6.61 Å². The van der Waals surface area contributed by atoms with Crippen LogP contribution in [0.5, 0.6) is 0 Å². The van der Waals surface area contributed by atoms with Crippen molar-refractivity contribution in [1.82, 2.24) is 0 Å². The van der Waals surface area contributed by atoms with Gasteiger partial charge in [-0.2, -0.15) is 0 Å². The van der Waals surface area contributed by atoms with E-state index in [2.05, 4.69) is 10.9 Å². The fourth-order valence-electron chi connectivity index (χ4n) is 1.64. The molecule has 2 N–H and O–H groups in total. The first-order valence-corrected chi connectivity index (χ1v) is 4.61. The second-order valence-electron chi connectivity index (χ2n) is 3.31. The fourth-order valence-corrected chi connectivity index (χ4v) is 1.64. The van der Waals surface area contributed by atoms with Crippen LogP contribution >= 0.6 is 0 Å². The third-order valence-corrected chi connectivity index (χ3v) is 2.26. The Hall–Kier alpha value is -1.32. The normalized spacial score (nSPS) is 11.0. The minimum absolute atomic E-state index is 0.531. The first-order valence-electron chi connectivity index (χ1n) is 4.61. The second kappa shape index (κ2) is 3.82. The Bertz CT molecular complexity index is 434. The maximum absolute atomic E-state index is 5.52. The maximum Gasteiger partial charge on any atom is 0.134 e. The van der Waals surface area contributed by atoms with E-state index in [1.165, 1.54) is 5.56 Å². The number of furan rings is 1. The molecule has 14 heavy (non-hydrogen) atoms. The Morgan fingerprint density at radius 3 is 3.07 bits per heavy atom. The molecule has 0 fully saturated rings. The summed E-state index contributed by atoms with van der Waals surface area (Å²) in [7, 11) is 0. The first-order chi connectivity index (χ1) is 6.81. The summed E-state index contributed by atoms with van der Waals surface area (Å²) >= 11 is 0. The van der Waals surface area contributed by atoms with Gasteiger partial charge in [-0.25, -0.2) is 5.90 Å². The monoisotopic (exact) mass is 191 g/mol. The van der Waals surface area contributed by atoms with Crippen molar-refractivity contribution in [3.63, 3.8) is 0 Å². The van der Waals surface area contributed by atoms with Crippen molar-refractivity contribution in [1.29, 1.82) is 0 Å². The second-order valence-corrected chi connectivity index (χ2v) is 3.31. The third-order valence-electron chi connectivity index (χ3n) is 2.26. The number of rotatable bonds is 3. The summed E-state index contributed by atoms with van der Waals surface area (Å²) in [5.41, 5.74) is 2.14. The quantitative estimate of drug-likeness (QED) is 0.756. The van der Waals surface area contributed by atoms with Gasteiger partial charge in [-0.15, -0.1) is 0 Å². The van der Waals surface area contributed by atoms with E-state index in [4.69, 9.17) is 10.3 Å². The van der Waals surface area contributed by atoms with Crippen molar-refractivity contribution >= 4 is 11.0 Å². The van der Waals surface area contributed by atoms with Gasteiger partial charge in [0.15, 0.2) is 0 Å². The molecule has 3 heteroatoms. The molecule has 0 saturated carbocycles. The molecule has 0 spiro atoms. The molecule has 0 aliphatic carbocycles. The van der Waals surface area contributed by atoms with Crippen LogP contribution in [0.25, 0.3) is 11.0 Å². The van der Waals surface area contributed by atoms with Crippen LogP contribution in [-0.2, 0) is 11.3 Å². The Kier molecular flexibility index (Phi) is 2.52. The van der Waals surface area contributed by atoms with Gasteiger partial charge in [0.1, 0.15) is 11.3 Å². The molecule has 0 amide bonds. The third kappa shape index (κ3) is 1.64. The van der Waals surface area contributed by atoms with E-state index in [0.717, 1.165) is 23.2 Å². The Labute approximate surface area is 82.4 Å². The highest BCUT2D eigenvalue weighted by Crippen LogP contribution is 2.22. The van der Waals surface area contributed by atoms with Crippen LogP contribution in [0.15, 0.2) is 28.7 Å². The number of nitrogens with two attached hydrogens (primary N) is 1. The summed E-state index contributed by atoms with van der Waals surface area (Å²) < 4.78 is 5.52. The highest BCUT2D eigenvalue weighted by Gasteiger charge is 2.04. The number of hydrogen-bond donors (Lipinski definition) is 1. The van der Waals surface area contributed by atoms with Crippen molar-refractivity contribution in [2.24, 2.45) is 5.90 Å². The molecule has 2 aromatic rings. The van der Waals surface area contributed by atoms with E-state index in [-0.39, 0.29) is 0 Å². The molecule has 2 rings (SSSR count). The molecule has 1 aromatic carbocycles. The molecule has 0 radical (unpaired) electrons. The van der Waals surface area contributed by atoms with E-state index in [1.807, 2.05) is 25.1 Å². The average Bonchev–Trinajstić information content (AvgIpc) is 2.55. The summed E-state index contributed by atoms with van der Waals surface area (Å²) in [6, 6.07) is 8.06. The van der Waals surface area contributed by atoms with E-state index in [9.17, 15) is 0 Å². The highest BCUT2D eigenvalue weighted by molar-refractivity contribution is 5.81. The van der Waals surface area contributed by atoms with Crippen LogP contribution in [0.4, 0.5) is 0 Å². The number of fused-ring (bicyclic) bond motifs is 1. The first kappa shape index (κ1) is 9.24. The molecule has 0 atom stereocenters. The van der Waals surface area contributed by atoms with E-state index < -0.39 is 0 Å². The lowest BCUT2D eigenvalue weighted by atomic mass is 10.1. The van der Waals surface area contributed by atoms with Crippen molar-refractivity contribution in [3.8, 4) is 0 Å². The zero-order valence-corrected chi connectivity index (χ0v) is 8.12. The summed E-state index contributed by atoms with van der Waals surface area (Å²) in [6.07, 6.45) is 0.812. The van der Waals surface area contributed by atoms with Gasteiger partial charge < -0.3 is 9.25 Å². The molecule has 0 aliphatic rings. The Morgan fingerprint density at radius 2 is 2.29 bits per heavy atom. The lowest BCUT2D eigenvalue weighted by Crippen LogP contribution is -2.03. The lowest BCUT2D eigenvalue weighted by Gasteiger charge is -2.00. The summed E-state index contributed by atoms with van der Waals surface area (Å²) in [6.45, 7) is 2.48. The van der Waals surface area contributed by atoms with E-state index >= 15 is 0 Å². The van der Waals surface area contributed by atoms with Crippen LogP contribution in [0.2, 0.25) is 0 Å². The van der Waals surface area contributed by atoms with Crippen LogP contribution in [0, 0.1) is 6.92 Å². The van der Waals surface area contributed by atoms with Crippen molar-refractivity contribution < 1.29 is 9.25 Å². The van der Waals surface area contributed by atoms with Crippen molar-refractivity contribution in [2.45, 2.75) is 13.3 Å². The number of aryl methyl sites for hydroxylation is 1. The summed E-state index contributed by atoms with van der Waals surface area (Å²) in [5.74, 6) is 5.93. The van der Waals surface area contributed by atoms with Crippen molar-refractivity contribution in [2.75, 3.05) is 6.61 Å². The minimum Gasteiger partial charge on any atom is -0.461 e. The van der Waals surface area contributed by atoms with Crippen LogP contribution in [0.3, 0.4) is 0 Å². The summed E-state index contributed by atoms with van der Waals surface area (Å²) in [5, 5.41) is 1.15. The lowest BCUT2D eigenvalue weighted by molar-refractivity contribution is 0.141. The van der Waals surface area contributed by atoms with Crippen LogP contribution in [-0.4, -0.2) is 6.61 Å². The fraction of sp³-hybridized carbons (Fsp3) is 0.273. The Morgan fingerprint density at radius 1 is 1.43 bits per heavy atom. The van der Waals surface area contributed by atoms with Crippen LogP contribution in [0.1, 0.15) is 11.3 Å². The SMILES string of the molecule is Cc1cc2c(CCON)cccc2o1. The van der Waals surface area contributed by atoms with Gasteiger partial charge in [-0.05, 0) is 31.0 Å². The Balaban J connectivity index is 2.42. The molecular weight excluding hydrogens is 178 g/mol. The number of benzene rings is 1. The highest BCUT2D eigenvalue weighted by atomic mass is 16.6. The van der Waals surface area contributed by atoms with Crippen LogP contribution < -0.4 is 5.90 Å². The predicted molar refractivity (Wildman–Crippen MR) is 54.8 cm³/mol. The van der Waals surface area contributed by atoms with Gasteiger partial charge in [-0.3, -0.25) is 0 Å². The zero-order chi connectivity index (χ0) is 9.97. The molecular formula is C11H13NO2. The molecule has 0 unspecified atom stereocenters. The molecule has 1 heterocycles. The maximum atomic E-state index is 5.52. The standard InChI is InChI=1S/C11H13NO2/c1-8-7-10-9(5-6-13-12)3-2-4-11(10)14-8/h2-4,7H,5-6,12H2,1H3. The van der Waals surface area contributed by atoms with E-state index in [1.54, 1.807) is 0 Å². The smallest absolute Gasteiger partial charge is 0.134 e. The van der Waals surface area contributed by atoms with Gasteiger partial charge in [-0.1, -0.05) is 12.1 Å². The average molecular weight is 191 g/mol. The van der Waals surface area contributed by atoms with E-state index in [0.29, 0.717) is 6.61 Å². The molecule has 0 aliphatic heterocycles. The topological polar surface area (TPSA) is 48.4 Å². The summed E-state index contributed by atoms with van der Waals surface area (Å²) in [4.78, 5) is 4.57. The van der Waals surface area contributed by atoms with Gasteiger partial charge >= 0.3 is 0 Å². The molecule has 3 nitrogen and oxygen atoms in total. The van der Waals surface area contributed by atoms with Gasteiger partial charge in [0.25, 0.3) is 0 Å². The largest absolute Gasteiger partial charge is 0.461 e. The molecule has 0 bridgehead atoms. The number of hydrogen-bond acceptors (Lipinski definition) is 3.